The van der Waals surface area contributed by atoms with Crippen molar-refractivity contribution in [2.24, 2.45) is 0 Å². The molecule has 0 saturated carbocycles. The Labute approximate surface area is 113 Å². The lowest BCUT2D eigenvalue weighted by Crippen LogP contribution is -2.60. The molecular formula is C10H18O10. The molecule has 10 heteroatoms. The highest BCUT2D eigenvalue weighted by molar-refractivity contribution is 5.72. The first-order valence-corrected chi connectivity index (χ1v) is 5.81. The molecule has 10 nitrogen and oxygen atoms in total. The Hall–Kier alpha value is -0.850. The van der Waals surface area contributed by atoms with E-state index >= 15 is 0 Å². The maximum atomic E-state index is 10.6. The summed E-state index contributed by atoms with van der Waals surface area (Å²) in [5.41, 5.74) is 0. The first-order chi connectivity index (χ1) is 9.33. The van der Waals surface area contributed by atoms with Crippen LogP contribution in [0.5, 0.6) is 0 Å². The summed E-state index contributed by atoms with van der Waals surface area (Å²) in [7, 11) is 0. The van der Waals surface area contributed by atoms with Gasteiger partial charge in [-0.05, 0) is 0 Å². The van der Waals surface area contributed by atoms with Gasteiger partial charge in [0.1, 0.15) is 30.5 Å². The summed E-state index contributed by atoms with van der Waals surface area (Å²) in [6, 6.07) is 0. The predicted molar refractivity (Wildman–Crippen MR) is 59.4 cm³/mol. The van der Waals surface area contributed by atoms with Gasteiger partial charge in [-0.15, -0.1) is 0 Å². The van der Waals surface area contributed by atoms with Crippen molar-refractivity contribution in [3.05, 3.63) is 0 Å². The van der Waals surface area contributed by atoms with Crippen molar-refractivity contribution in [2.45, 2.75) is 42.9 Å². The molecule has 0 aromatic carbocycles. The maximum absolute atomic E-state index is 10.6. The number of hydrogen-bond acceptors (Lipinski definition) is 9. The van der Waals surface area contributed by atoms with Gasteiger partial charge in [-0.25, -0.2) is 4.79 Å². The Morgan fingerprint density at radius 1 is 1.15 bits per heavy atom. The molecule has 118 valence electrons. The van der Waals surface area contributed by atoms with Gasteiger partial charge < -0.3 is 45.2 Å². The van der Waals surface area contributed by atoms with Crippen LogP contribution < -0.4 is 0 Å². The topological polar surface area (TPSA) is 177 Å². The fourth-order valence-electron chi connectivity index (χ4n) is 1.73. The molecule has 0 amide bonds. The average molecular weight is 298 g/mol. The van der Waals surface area contributed by atoms with Gasteiger partial charge in [-0.1, -0.05) is 0 Å². The largest absolute Gasteiger partial charge is 0.479 e. The minimum Gasteiger partial charge on any atom is -0.479 e. The Kier molecular flexibility index (Phi) is 6.23. The summed E-state index contributed by atoms with van der Waals surface area (Å²) < 4.78 is 9.84. The zero-order chi connectivity index (χ0) is 15.4. The third-order valence-electron chi connectivity index (χ3n) is 2.94. The second-order valence-electron chi connectivity index (χ2n) is 4.34. The molecule has 7 atom stereocenters. The van der Waals surface area contributed by atoms with E-state index in [2.05, 4.69) is 0 Å². The fraction of sp³-hybridized carbons (Fsp3) is 0.900. The molecule has 1 aliphatic heterocycles. The number of ether oxygens (including phenoxy) is 2. The van der Waals surface area contributed by atoms with Gasteiger partial charge in [0, 0.05) is 0 Å². The van der Waals surface area contributed by atoms with Crippen molar-refractivity contribution < 1.29 is 50.0 Å². The van der Waals surface area contributed by atoms with Crippen molar-refractivity contribution >= 4 is 5.97 Å². The van der Waals surface area contributed by atoms with Gasteiger partial charge >= 0.3 is 5.97 Å². The van der Waals surface area contributed by atoms with Crippen LogP contribution in [-0.2, 0) is 14.3 Å². The molecular weight excluding hydrogens is 280 g/mol. The highest BCUT2D eigenvalue weighted by Gasteiger charge is 2.45. The standard InChI is InChI=1S/C10H18O10/c11-1-3-5(13)7(15)8(16)10(19-3)20-4(2-12)6(14)9(17)18/h3-8,10-16H,1-2H2,(H,17,18)/t3-,4-,5+,6-,7+,8-,10+/m1/s1. The summed E-state index contributed by atoms with van der Waals surface area (Å²) in [4.78, 5) is 10.6. The first-order valence-electron chi connectivity index (χ1n) is 5.81. The number of carboxylic acids is 1. The molecule has 1 rings (SSSR count). The minimum atomic E-state index is -2.08. The summed E-state index contributed by atoms with van der Waals surface area (Å²) in [5.74, 6) is -1.66. The van der Waals surface area contributed by atoms with Crippen molar-refractivity contribution in [3.63, 3.8) is 0 Å². The number of aliphatic carboxylic acids is 1. The number of rotatable bonds is 6. The summed E-state index contributed by atoms with van der Waals surface area (Å²) in [5, 5.41) is 64.4. The van der Waals surface area contributed by atoms with Crippen molar-refractivity contribution in [1.29, 1.82) is 0 Å². The van der Waals surface area contributed by atoms with Crippen LogP contribution >= 0.6 is 0 Å². The summed E-state index contributed by atoms with van der Waals surface area (Å²) in [6.07, 6.45) is -11.6. The molecule has 1 heterocycles. The molecule has 20 heavy (non-hydrogen) atoms. The second-order valence-corrected chi connectivity index (χ2v) is 4.34. The lowest BCUT2D eigenvalue weighted by atomic mass is 9.99. The van der Waals surface area contributed by atoms with E-state index in [0.29, 0.717) is 0 Å². The lowest BCUT2D eigenvalue weighted by Gasteiger charge is -2.40. The van der Waals surface area contributed by atoms with Crippen LogP contribution in [0.4, 0.5) is 0 Å². The molecule has 1 aliphatic rings. The molecule has 0 spiro atoms. The Balaban J connectivity index is 2.76. The zero-order valence-corrected chi connectivity index (χ0v) is 10.3. The Bertz CT molecular complexity index is 321. The zero-order valence-electron chi connectivity index (χ0n) is 10.3. The third-order valence-corrected chi connectivity index (χ3v) is 2.94. The smallest absolute Gasteiger partial charge is 0.335 e. The van der Waals surface area contributed by atoms with E-state index in [4.69, 9.17) is 24.8 Å². The molecule has 0 unspecified atom stereocenters. The van der Waals surface area contributed by atoms with E-state index in [0.717, 1.165) is 0 Å². The van der Waals surface area contributed by atoms with Gasteiger partial charge in [0.15, 0.2) is 12.4 Å². The molecule has 0 bridgehead atoms. The molecule has 7 N–H and O–H groups in total. The van der Waals surface area contributed by atoms with Gasteiger partial charge in [-0.2, -0.15) is 0 Å². The Morgan fingerprint density at radius 3 is 2.20 bits per heavy atom. The predicted octanol–water partition coefficient (Wildman–Crippen LogP) is -4.39. The van der Waals surface area contributed by atoms with E-state index < -0.39 is 62.1 Å². The quantitative estimate of drug-likeness (QED) is 0.253. The molecule has 0 aromatic heterocycles. The molecule has 1 fully saturated rings. The van der Waals surface area contributed by atoms with Crippen LogP contribution in [0, 0.1) is 0 Å². The number of hydrogen-bond donors (Lipinski definition) is 7. The van der Waals surface area contributed by atoms with Gasteiger partial charge in [-0.3, -0.25) is 0 Å². The average Bonchev–Trinajstić information content (AvgIpc) is 2.43. The third kappa shape index (κ3) is 3.62. The van der Waals surface area contributed by atoms with Crippen LogP contribution in [-0.4, -0.2) is 97.8 Å². The van der Waals surface area contributed by atoms with Crippen LogP contribution in [0.1, 0.15) is 0 Å². The monoisotopic (exact) mass is 298 g/mol. The molecule has 1 saturated heterocycles. The summed E-state index contributed by atoms with van der Waals surface area (Å²) in [6.45, 7) is -1.57. The SMILES string of the molecule is O=C(O)[C@H](O)[C@@H](CO)O[C@@H]1O[C@H](CO)[C@H](O)[C@H](O)[C@H]1O. The number of aliphatic hydroxyl groups is 6. The number of carbonyl (C=O) groups is 1. The van der Waals surface area contributed by atoms with Crippen LogP contribution in [0.15, 0.2) is 0 Å². The summed E-state index contributed by atoms with van der Waals surface area (Å²) >= 11 is 0. The Morgan fingerprint density at radius 2 is 1.75 bits per heavy atom. The van der Waals surface area contributed by atoms with Gasteiger partial charge in [0.2, 0.25) is 0 Å². The van der Waals surface area contributed by atoms with E-state index in [-0.39, 0.29) is 0 Å². The van der Waals surface area contributed by atoms with Gasteiger partial charge in [0.25, 0.3) is 0 Å². The first kappa shape index (κ1) is 17.2. The maximum Gasteiger partial charge on any atom is 0.335 e. The molecule has 0 aromatic rings. The van der Waals surface area contributed by atoms with Crippen molar-refractivity contribution in [3.8, 4) is 0 Å². The van der Waals surface area contributed by atoms with Crippen LogP contribution in [0.25, 0.3) is 0 Å². The van der Waals surface area contributed by atoms with Gasteiger partial charge in [0.05, 0.1) is 13.2 Å². The number of aliphatic hydroxyl groups excluding tert-OH is 6. The van der Waals surface area contributed by atoms with Crippen LogP contribution in [0.2, 0.25) is 0 Å². The minimum absolute atomic E-state index is 0.684. The fourth-order valence-corrected chi connectivity index (χ4v) is 1.73. The lowest BCUT2D eigenvalue weighted by molar-refractivity contribution is -0.318. The second kappa shape index (κ2) is 7.24. The molecule has 0 aliphatic carbocycles. The number of carboxylic acid groups (broad SMARTS) is 1. The molecule has 0 radical (unpaired) electrons. The van der Waals surface area contributed by atoms with E-state index in [1.807, 2.05) is 0 Å². The van der Waals surface area contributed by atoms with Crippen molar-refractivity contribution in [2.75, 3.05) is 13.2 Å². The van der Waals surface area contributed by atoms with Crippen LogP contribution in [0.3, 0.4) is 0 Å². The van der Waals surface area contributed by atoms with E-state index in [9.17, 15) is 25.2 Å². The highest BCUT2D eigenvalue weighted by atomic mass is 16.7. The van der Waals surface area contributed by atoms with Crippen molar-refractivity contribution in [1.82, 2.24) is 0 Å². The highest BCUT2D eigenvalue weighted by Crippen LogP contribution is 2.23. The normalized spacial score (nSPS) is 37.4. The van der Waals surface area contributed by atoms with E-state index in [1.54, 1.807) is 0 Å². The van der Waals surface area contributed by atoms with E-state index in [1.165, 1.54) is 0 Å².